The lowest BCUT2D eigenvalue weighted by Gasteiger charge is -2.12. The number of rotatable bonds is 6. The van der Waals surface area contributed by atoms with Crippen molar-refractivity contribution in [3.63, 3.8) is 0 Å². The van der Waals surface area contributed by atoms with Gasteiger partial charge in [0.25, 0.3) is 0 Å². The Balaban J connectivity index is 2.15. The number of hydrogen-bond donors (Lipinski definition) is 0. The lowest BCUT2D eigenvalue weighted by Crippen LogP contribution is -2.13. The van der Waals surface area contributed by atoms with E-state index in [1.165, 1.54) is 0 Å². The second kappa shape index (κ2) is 7.02. The maximum absolute atomic E-state index is 5.47. The van der Waals surface area contributed by atoms with Crippen molar-refractivity contribution in [3.8, 4) is 0 Å². The maximum Gasteiger partial charge on any atom is 0.177 e. The van der Waals surface area contributed by atoms with Crippen molar-refractivity contribution in [2.24, 2.45) is 0 Å². The van der Waals surface area contributed by atoms with E-state index in [0.717, 1.165) is 16.5 Å². The van der Waals surface area contributed by atoms with Crippen LogP contribution in [0.4, 0.5) is 0 Å². The van der Waals surface area contributed by atoms with Gasteiger partial charge in [0.1, 0.15) is 0 Å². The predicted octanol–water partition coefficient (Wildman–Crippen LogP) is 3.65. The minimum atomic E-state index is -0.278. The van der Waals surface area contributed by atoms with Crippen LogP contribution in [0.5, 0.6) is 0 Å². The zero-order valence-electron chi connectivity index (χ0n) is 11.4. The molecule has 0 N–H and O–H groups in total. The summed E-state index contributed by atoms with van der Waals surface area (Å²) in [5.41, 5.74) is 2.12. The number of hydrogen-bond acceptors (Lipinski definition) is 3. The van der Waals surface area contributed by atoms with Crippen LogP contribution >= 0.6 is 0 Å². The average Bonchev–Trinajstić information content (AvgIpc) is 2.45. The fourth-order valence-corrected chi connectivity index (χ4v) is 1.88. The lowest BCUT2D eigenvalue weighted by atomic mass is 10.1. The molecule has 1 aromatic carbocycles. The van der Waals surface area contributed by atoms with Gasteiger partial charge in [-0.2, -0.15) is 0 Å². The van der Waals surface area contributed by atoms with Crippen molar-refractivity contribution in [1.82, 2.24) is 4.98 Å². The molecule has 0 saturated heterocycles. The molecule has 0 aliphatic rings. The molecule has 0 aliphatic heterocycles. The molecule has 0 fully saturated rings. The van der Waals surface area contributed by atoms with Crippen molar-refractivity contribution >= 4 is 17.0 Å². The summed E-state index contributed by atoms with van der Waals surface area (Å²) in [7, 11) is 0. The van der Waals surface area contributed by atoms with E-state index in [9.17, 15) is 0 Å². The Hall–Kier alpha value is -1.71. The van der Waals surface area contributed by atoms with Gasteiger partial charge < -0.3 is 9.47 Å². The molecule has 2 aromatic rings. The molecule has 0 amide bonds. The number of benzene rings is 1. The van der Waals surface area contributed by atoms with E-state index in [0.29, 0.717) is 13.2 Å². The first-order chi connectivity index (χ1) is 9.33. The molecule has 2 rings (SSSR count). The molecule has 1 heterocycles. The quantitative estimate of drug-likeness (QED) is 0.740. The summed E-state index contributed by atoms with van der Waals surface area (Å²) >= 11 is 0. The minimum absolute atomic E-state index is 0.278. The van der Waals surface area contributed by atoms with Crippen molar-refractivity contribution in [3.05, 3.63) is 48.2 Å². The van der Waals surface area contributed by atoms with Crippen LogP contribution in [0.15, 0.2) is 42.6 Å². The maximum atomic E-state index is 5.47. The van der Waals surface area contributed by atoms with Crippen LogP contribution in [0.1, 0.15) is 19.4 Å². The average molecular weight is 257 g/mol. The Morgan fingerprint density at radius 2 is 1.95 bits per heavy atom. The highest BCUT2D eigenvalue weighted by Gasteiger charge is 2.02. The zero-order valence-corrected chi connectivity index (χ0v) is 11.4. The van der Waals surface area contributed by atoms with E-state index in [2.05, 4.69) is 17.1 Å². The summed E-state index contributed by atoms with van der Waals surface area (Å²) in [4.78, 5) is 4.30. The highest BCUT2D eigenvalue weighted by Crippen LogP contribution is 2.15. The Morgan fingerprint density at radius 3 is 2.68 bits per heavy atom. The SMILES string of the molecule is CCOC(C=Cc1ccc2ncccc2c1)OCC. The first-order valence-electron chi connectivity index (χ1n) is 6.59. The summed E-state index contributed by atoms with van der Waals surface area (Å²) in [5.74, 6) is 0. The van der Waals surface area contributed by atoms with E-state index >= 15 is 0 Å². The molecule has 0 atom stereocenters. The van der Waals surface area contributed by atoms with Crippen molar-refractivity contribution in [2.75, 3.05) is 13.2 Å². The largest absolute Gasteiger partial charge is 0.349 e. The fraction of sp³-hybridized carbons (Fsp3) is 0.312. The highest BCUT2D eigenvalue weighted by atomic mass is 16.7. The van der Waals surface area contributed by atoms with Crippen LogP contribution in [0, 0.1) is 0 Å². The van der Waals surface area contributed by atoms with E-state index in [1.54, 1.807) is 6.20 Å². The van der Waals surface area contributed by atoms with Gasteiger partial charge in [0.2, 0.25) is 0 Å². The Bertz CT molecular complexity index is 545. The molecular formula is C16H19NO2. The van der Waals surface area contributed by atoms with Crippen LogP contribution in [0.3, 0.4) is 0 Å². The Morgan fingerprint density at radius 1 is 1.16 bits per heavy atom. The van der Waals surface area contributed by atoms with Gasteiger partial charge in [-0.05, 0) is 43.7 Å². The molecule has 0 radical (unpaired) electrons. The summed E-state index contributed by atoms with van der Waals surface area (Å²) in [6.07, 6.45) is 5.48. The fourth-order valence-electron chi connectivity index (χ4n) is 1.88. The summed E-state index contributed by atoms with van der Waals surface area (Å²) in [5, 5.41) is 1.13. The second-order valence-electron chi connectivity index (χ2n) is 4.09. The second-order valence-corrected chi connectivity index (χ2v) is 4.09. The smallest absolute Gasteiger partial charge is 0.177 e. The molecule has 0 saturated carbocycles. The Kier molecular flexibility index (Phi) is 5.07. The number of aromatic nitrogens is 1. The van der Waals surface area contributed by atoms with Gasteiger partial charge in [-0.1, -0.05) is 18.2 Å². The van der Waals surface area contributed by atoms with Gasteiger partial charge in [0, 0.05) is 24.8 Å². The first-order valence-corrected chi connectivity index (χ1v) is 6.59. The molecule has 19 heavy (non-hydrogen) atoms. The van der Waals surface area contributed by atoms with Crippen molar-refractivity contribution < 1.29 is 9.47 Å². The van der Waals surface area contributed by atoms with Gasteiger partial charge in [-0.25, -0.2) is 0 Å². The molecule has 3 nitrogen and oxygen atoms in total. The zero-order chi connectivity index (χ0) is 13.5. The molecule has 1 aromatic heterocycles. The van der Waals surface area contributed by atoms with Crippen molar-refractivity contribution in [2.45, 2.75) is 20.1 Å². The topological polar surface area (TPSA) is 31.4 Å². The van der Waals surface area contributed by atoms with Gasteiger partial charge in [-0.15, -0.1) is 0 Å². The highest BCUT2D eigenvalue weighted by molar-refractivity contribution is 5.80. The van der Waals surface area contributed by atoms with Gasteiger partial charge in [0.05, 0.1) is 5.52 Å². The Labute approximate surface area is 113 Å². The van der Waals surface area contributed by atoms with Gasteiger partial charge in [0.15, 0.2) is 6.29 Å². The summed E-state index contributed by atoms with van der Waals surface area (Å²) in [6, 6.07) is 10.2. The van der Waals surface area contributed by atoms with Gasteiger partial charge >= 0.3 is 0 Å². The van der Waals surface area contributed by atoms with Crippen molar-refractivity contribution in [1.29, 1.82) is 0 Å². The third-order valence-corrected chi connectivity index (χ3v) is 2.73. The molecular weight excluding hydrogens is 238 g/mol. The van der Waals surface area contributed by atoms with Gasteiger partial charge in [-0.3, -0.25) is 4.98 Å². The number of ether oxygens (including phenoxy) is 2. The third-order valence-electron chi connectivity index (χ3n) is 2.73. The summed E-state index contributed by atoms with van der Waals surface area (Å²) in [6.45, 7) is 5.19. The number of pyridine rings is 1. The standard InChI is InChI=1S/C16H19NO2/c1-3-18-16(19-4-2)10-8-13-7-9-15-14(12-13)6-5-11-17-15/h5-12,16H,3-4H2,1-2H3. The van der Waals surface area contributed by atoms with Crippen LogP contribution in [-0.2, 0) is 9.47 Å². The molecule has 0 unspecified atom stereocenters. The van der Waals surface area contributed by atoms with Crippen LogP contribution in [0.2, 0.25) is 0 Å². The molecule has 0 aliphatic carbocycles. The lowest BCUT2D eigenvalue weighted by molar-refractivity contribution is -0.103. The van der Waals surface area contributed by atoms with E-state index in [4.69, 9.17) is 9.47 Å². The van der Waals surface area contributed by atoms with E-state index < -0.39 is 0 Å². The predicted molar refractivity (Wildman–Crippen MR) is 77.8 cm³/mol. The molecule has 0 bridgehead atoms. The van der Waals surface area contributed by atoms with Crippen LogP contribution in [0.25, 0.3) is 17.0 Å². The van der Waals surface area contributed by atoms with Crippen LogP contribution in [-0.4, -0.2) is 24.5 Å². The molecule has 3 heteroatoms. The van der Waals surface area contributed by atoms with Crippen LogP contribution < -0.4 is 0 Å². The normalized spacial score (nSPS) is 11.7. The summed E-state index contributed by atoms with van der Waals surface area (Å²) < 4.78 is 10.9. The van der Waals surface area contributed by atoms with E-state index in [1.807, 2.05) is 44.2 Å². The molecule has 100 valence electrons. The monoisotopic (exact) mass is 257 g/mol. The number of fused-ring (bicyclic) bond motifs is 1. The van der Waals surface area contributed by atoms with E-state index in [-0.39, 0.29) is 6.29 Å². The minimum Gasteiger partial charge on any atom is -0.349 e. The first kappa shape index (κ1) is 13.7. The number of nitrogens with zero attached hydrogens (tertiary/aromatic N) is 1. The molecule has 0 spiro atoms. The third kappa shape index (κ3) is 3.88.